The van der Waals surface area contributed by atoms with Crippen LogP contribution in [0.25, 0.3) is 0 Å². The largest absolute Gasteiger partial charge is 0.368 e. The average Bonchev–Trinajstić information content (AvgIpc) is 3.34. The molecule has 1 fully saturated rings. The highest BCUT2D eigenvalue weighted by molar-refractivity contribution is 6.30. The summed E-state index contributed by atoms with van der Waals surface area (Å²) < 4.78 is 6.13. The minimum Gasteiger partial charge on any atom is -0.368 e. The molecule has 0 heterocycles. The fourth-order valence-electron chi connectivity index (χ4n) is 2.28. The van der Waals surface area contributed by atoms with Crippen molar-refractivity contribution in [1.82, 2.24) is 5.32 Å². The van der Waals surface area contributed by atoms with Gasteiger partial charge in [0.2, 0.25) is 0 Å². The van der Waals surface area contributed by atoms with E-state index in [1.54, 1.807) is 0 Å². The Bertz CT molecular complexity index is 551. The van der Waals surface area contributed by atoms with Gasteiger partial charge in [0.05, 0.1) is 12.7 Å². The molecule has 2 aromatic carbocycles. The van der Waals surface area contributed by atoms with E-state index in [0.29, 0.717) is 12.6 Å². The maximum absolute atomic E-state index is 6.13. The first-order chi connectivity index (χ1) is 10.3. The van der Waals surface area contributed by atoms with E-state index < -0.39 is 0 Å². The summed E-state index contributed by atoms with van der Waals surface area (Å²) in [6, 6.07) is 18.9. The highest BCUT2D eigenvalue weighted by Gasteiger charge is 2.22. The normalized spacial score (nSPS) is 15.9. The molecule has 1 atom stereocenters. The molecule has 0 aromatic heterocycles. The van der Waals surface area contributed by atoms with E-state index in [1.807, 2.05) is 42.5 Å². The highest BCUT2D eigenvalue weighted by atomic mass is 35.5. The Balaban J connectivity index is 1.64. The lowest BCUT2D eigenvalue weighted by atomic mass is 10.1. The molecule has 2 aromatic rings. The zero-order valence-electron chi connectivity index (χ0n) is 12.0. The molecule has 0 radical (unpaired) electrons. The molecule has 110 valence electrons. The van der Waals surface area contributed by atoms with E-state index in [2.05, 4.69) is 17.4 Å². The molecule has 1 aliphatic carbocycles. The topological polar surface area (TPSA) is 21.3 Å². The monoisotopic (exact) mass is 301 g/mol. The number of hydrogen-bond acceptors (Lipinski definition) is 2. The Labute approximate surface area is 131 Å². The average molecular weight is 302 g/mol. The minimum absolute atomic E-state index is 0.0584. The van der Waals surface area contributed by atoms with Gasteiger partial charge < -0.3 is 10.1 Å². The highest BCUT2D eigenvalue weighted by Crippen LogP contribution is 2.24. The molecule has 0 bridgehead atoms. The summed E-state index contributed by atoms with van der Waals surface area (Å²) in [4.78, 5) is 0. The van der Waals surface area contributed by atoms with Gasteiger partial charge in [-0.05, 0) is 36.1 Å². The third-order valence-corrected chi connectivity index (χ3v) is 3.96. The van der Waals surface area contributed by atoms with Gasteiger partial charge in [-0.1, -0.05) is 54.1 Å². The molecule has 1 unspecified atom stereocenters. The second-order valence-corrected chi connectivity index (χ2v) is 5.96. The lowest BCUT2D eigenvalue weighted by Gasteiger charge is -2.19. The SMILES string of the molecule is Clc1ccc(C(CNC2CC2)OCc2ccccc2)cc1. The van der Waals surface area contributed by atoms with Gasteiger partial charge in [-0.2, -0.15) is 0 Å². The van der Waals surface area contributed by atoms with E-state index in [4.69, 9.17) is 16.3 Å². The van der Waals surface area contributed by atoms with Gasteiger partial charge in [-0.15, -0.1) is 0 Å². The number of nitrogens with one attached hydrogen (secondary N) is 1. The molecule has 0 spiro atoms. The molecule has 1 N–H and O–H groups in total. The van der Waals surface area contributed by atoms with Gasteiger partial charge in [0.25, 0.3) is 0 Å². The third-order valence-electron chi connectivity index (χ3n) is 3.71. The van der Waals surface area contributed by atoms with Crippen LogP contribution in [-0.2, 0) is 11.3 Å². The Hall–Kier alpha value is -1.35. The van der Waals surface area contributed by atoms with Crippen molar-refractivity contribution in [3.05, 3.63) is 70.7 Å². The fraction of sp³-hybridized carbons (Fsp3) is 0.333. The maximum atomic E-state index is 6.13. The van der Waals surface area contributed by atoms with E-state index >= 15 is 0 Å². The zero-order valence-corrected chi connectivity index (χ0v) is 12.7. The quantitative estimate of drug-likeness (QED) is 0.821. The molecule has 21 heavy (non-hydrogen) atoms. The van der Waals surface area contributed by atoms with Crippen LogP contribution in [0.4, 0.5) is 0 Å². The van der Waals surface area contributed by atoms with Gasteiger partial charge >= 0.3 is 0 Å². The van der Waals surface area contributed by atoms with Gasteiger partial charge in [0, 0.05) is 17.6 Å². The molecule has 3 heteroatoms. The van der Waals surface area contributed by atoms with Crippen molar-refractivity contribution in [2.75, 3.05) is 6.54 Å². The molecule has 2 nitrogen and oxygen atoms in total. The number of hydrogen-bond donors (Lipinski definition) is 1. The Morgan fingerprint density at radius 2 is 1.76 bits per heavy atom. The fourth-order valence-corrected chi connectivity index (χ4v) is 2.41. The van der Waals surface area contributed by atoms with Gasteiger partial charge in [-0.25, -0.2) is 0 Å². The van der Waals surface area contributed by atoms with Crippen molar-refractivity contribution in [2.45, 2.75) is 31.6 Å². The van der Waals surface area contributed by atoms with E-state index in [-0.39, 0.29) is 6.10 Å². The molecular formula is C18H20ClNO. The van der Waals surface area contributed by atoms with Crippen molar-refractivity contribution in [2.24, 2.45) is 0 Å². The predicted molar refractivity (Wildman–Crippen MR) is 86.4 cm³/mol. The van der Waals surface area contributed by atoms with Crippen LogP contribution in [0.3, 0.4) is 0 Å². The standard InChI is InChI=1S/C18H20ClNO/c19-16-8-6-15(7-9-16)18(12-20-17-10-11-17)21-13-14-4-2-1-3-5-14/h1-9,17-18,20H,10-13H2. The Kier molecular flexibility index (Phi) is 4.91. The first-order valence-electron chi connectivity index (χ1n) is 7.45. The lowest BCUT2D eigenvalue weighted by molar-refractivity contribution is 0.0395. The number of rotatable bonds is 7. The molecule has 1 aliphatic rings. The van der Waals surface area contributed by atoms with Gasteiger partial charge in [0.15, 0.2) is 0 Å². The number of benzene rings is 2. The smallest absolute Gasteiger partial charge is 0.0953 e. The summed E-state index contributed by atoms with van der Waals surface area (Å²) in [6.07, 6.45) is 2.63. The summed E-state index contributed by atoms with van der Waals surface area (Å²) in [5.41, 5.74) is 2.37. The second-order valence-electron chi connectivity index (χ2n) is 5.52. The lowest BCUT2D eigenvalue weighted by Crippen LogP contribution is -2.25. The molecular weight excluding hydrogens is 282 g/mol. The molecule has 1 saturated carbocycles. The summed E-state index contributed by atoms with van der Waals surface area (Å²) in [6.45, 7) is 1.47. The van der Waals surface area contributed by atoms with Crippen LogP contribution in [0, 0.1) is 0 Å². The van der Waals surface area contributed by atoms with Crippen LogP contribution in [0.15, 0.2) is 54.6 Å². The summed E-state index contributed by atoms with van der Waals surface area (Å²) in [7, 11) is 0. The van der Waals surface area contributed by atoms with Crippen molar-refractivity contribution >= 4 is 11.6 Å². The van der Waals surface area contributed by atoms with E-state index in [9.17, 15) is 0 Å². The van der Waals surface area contributed by atoms with Crippen LogP contribution in [0.5, 0.6) is 0 Å². The second kappa shape index (κ2) is 7.08. The zero-order chi connectivity index (χ0) is 14.5. The van der Waals surface area contributed by atoms with Crippen LogP contribution < -0.4 is 5.32 Å². The minimum atomic E-state index is 0.0584. The van der Waals surface area contributed by atoms with Gasteiger partial charge in [0.1, 0.15) is 0 Å². The van der Waals surface area contributed by atoms with Gasteiger partial charge in [-0.3, -0.25) is 0 Å². The van der Waals surface area contributed by atoms with Crippen molar-refractivity contribution in [1.29, 1.82) is 0 Å². The van der Waals surface area contributed by atoms with Crippen LogP contribution in [0.2, 0.25) is 5.02 Å². The van der Waals surface area contributed by atoms with E-state index in [0.717, 1.165) is 11.6 Å². The van der Waals surface area contributed by atoms with Crippen LogP contribution in [0.1, 0.15) is 30.1 Å². The van der Waals surface area contributed by atoms with Crippen molar-refractivity contribution < 1.29 is 4.74 Å². The Morgan fingerprint density at radius 1 is 1.05 bits per heavy atom. The molecule has 0 amide bonds. The van der Waals surface area contributed by atoms with Crippen LogP contribution >= 0.6 is 11.6 Å². The third kappa shape index (κ3) is 4.57. The first kappa shape index (κ1) is 14.6. The first-order valence-corrected chi connectivity index (χ1v) is 7.83. The predicted octanol–water partition coefficient (Wildman–Crippen LogP) is 4.35. The molecule has 3 rings (SSSR count). The summed E-state index contributed by atoms with van der Waals surface area (Å²) >= 11 is 5.97. The van der Waals surface area contributed by atoms with Crippen molar-refractivity contribution in [3.8, 4) is 0 Å². The summed E-state index contributed by atoms with van der Waals surface area (Å²) in [5, 5.41) is 4.31. The Morgan fingerprint density at radius 3 is 2.43 bits per heavy atom. The molecule has 0 saturated heterocycles. The molecule has 0 aliphatic heterocycles. The van der Waals surface area contributed by atoms with Crippen molar-refractivity contribution in [3.63, 3.8) is 0 Å². The van der Waals surface area contributed by atoms with Crippen LogP contribution in [-0.4, -0.2) is 12.6 Å². The number of ether oxygens (including phenoxy) is 1. The number of halogens is 1. The summed E-state index contributed by atoms with van der Waals surface area (Å²) in [5.74, 6) is 0. The van der Waals surface area contributed by atoms with E-state index in [1.165, 1.54) is 24.0 Å². The maximum Gasteiger partial charge on any atom is 0.0953 e.